The van der Waals surface area contributed by atoms with Crippen molar-refractivity contribution in [3.05, 3.63) is 30.5 Å². The van der Waals surface area contributed by atoms with Gasteiger partial charge in [0, 0.05) is 28.8 Å². The van der Waals surface area contributed by atoms with Gasteiger partial charge in [0.2, 0.25) is 0 Å². The molecule has 18 heavy (non-hydrogen) atoms. The molecule has 1 aliphatic rings. The second kappa shape index (κ2) is 5.02. The fraction of sp³-hybridized carbons (Fsp3) is 0.467. The Morgan fingerprint density at radius 1 is 1.22 bits per heavy atom. The quantitative estimate of drug-likeness (QED) is 0.849. The minimum absolute atomic E-state index is 0.617. The van der Waals surface area contributed by atoms with Gasteiger partial charge in [-0.25, -0.2) is 0 Å². The van der Waals surface area contributed by atoms with Crippen LogP contribution in [0.5, 0.6) is 0 Å². The van der Waals surface area contributed by atoms with Crippen LogP contribution in [0.2, 0.25) is 0 Å². The molecule has 3 nitrogen and oxygen atoms in total. The Morgan fingerprint density at radius 3 is 3.11 bits per heavy atom. The summed E-state index contributed by atoms with van der Waals surface area (Å²) in [5.41, 5.74) is 2.46. The third kappa shape index (κ3) is 2.51. The van der Waals surface area contributed by atoms with Crippen LogP contribution in [0.1, 0.15) is 19.3 Å². The van der Waals surface area contributed by atoms with Crippen LogP contribution in [-0.4, -0.2) is 36.1 Å². The molecule has 0 radical (unpaired) electrons. The molecular formula is C15H21N3. The first-order valence-corrected chi connectivity index (χ1v) is 6.83. The molecule has 0 saturated carbocycles. The molecule has 0 aliphatic carbocycles. The number of hydrogen-bond donors (Lipinski definition) is 2. The van der Waals surface area contributed by atoms with Crippen molar-refractivity contribution in [2.75, 3.05) is 25.5 Å². The molecule has 0 spiro atoms. The van der Waals surface area contributed by atoms with Gasteiger partial charge in [0.25, 0.3) is 0 Å². The second-order valence-corrected chi connectivity index (χ2v) is 5.36. The molecule has 2 N–H and O–H groups in total. The Kier molecular flexibility index (Phi) is 3.24. The summed E-state index contributed by atoms with van der Waals surface area (Å²) >= 11 is 0. The SMILES string of the molecule is CN1CCCC(Nc2ccc3[nH]ccc3c2)CC1. The average Bonchev–Trinajstić information content (AvgIpc) is 2.74. The van der Waals surface area contributed by atoms with Crippen LogP contribution in [0.15, 0.2) is 30.5 Å². The van der Waals surface area contributed by atoms with E-state index in [2.05, 4.69) is 46.5 Å². The minimum Gasteiger partial charge on any atom is -0.382 e. The van der Waals surface area contributed by atoms with Crippen molar-refractivity contribution in [3.8, 4) is 0 Å². The third-order valence-electron chi connectivity index (χ3n) is 3.88. The van der Waals surface area contributed by atoms with Crippen LogP contribution in [0.25, 0.3) is 10.9 Å². The molecule has 0 amide bonds. The summed E-state index contributed by atoms with van der Waals surface area (Å²) in [5, 5.41) is 4.97. The first-order chi connectivity index (χ1) is 8.81. The molecule has 1 saturated heterocycles. The zero-order chi connectivity index (χ0) is 12.4. The van der Waals surface area contributed by atoms with Gasteiger partial charge in [-0.05, 0) is 63.7 Å². The first-order valence-electron chi connectivity index (χ1n) is 6.83. The fourth-order valence-corrected chi connectivity index (χ4v) is 2.76. The van der Waals surface area contributed by atoms with Crippen molar-refractivity contribution in [2.24, 2.45) is 0 Å². The van der Waals surface area contributed by atoms with Gasteiger partial charge in [-0.15, -0.1) is 0 Å². The number of nitrogens with zero attached hydrogens (tertiary/aromatic N) is 1. The van der Waals surface area contributed by atoms with Crippen molar-refractivity contribution >= 4 is 16.6 Å². The number of nitrogens with one attached hydrogen (secondary N) is 2. The summed E-state index contributed by atoms with van der Waals surface area (Å²) in [7, 11) is 2.22. The highest BCUT2D eigenvalue weighted by atomic mass is 15.1. The average molecular weight is 243 g/mol. The summed E-state index contributed by atoms with van der Waals surface area (Å²) in [4.78, 5) is 5.66. The molecule has 2 aromatic rings. The Bertz CT molecular complexity index is 517. The monoisotopic (exact) mass is 243 g/mol. The van der Waals surface area contributed by atoms with E-state index in [1.54, 1.807) is 0 Å². The number of H-pyrrole nitrogens is 1. The number of likely N-dealkylation sites (tertiary alicyclic amines) is 1. The molecule has 3 rings (SSSR count). The topological polar surface area (TPSA) is 31.1 Å². The van der Waals surface area contributed by atoms with Crippen molar-refractivity contribution in [1.82, 2.24) is 9.88 Å². The summed E-state index contributed by atoms with van der Waals surface area (Å²) in [6.07, 6.45) is 5.80. The number of benzene rings is 1. The fourth-order valence-electron chi connectivity index (χ4n) is 2.76. The van der Waals surface area contributed by atoms with Crippen LogP contribution < -0.4 is 5.32 Å². The zero-order valence-corrected chi connectivity index (χ0v) is 10.9. The maximum Gasteiger partial charge on any atom is 0.0455 e. The van der Waals surface area contributed by atoms with Crippen molar-refractivity contribution in [3.63, 3.8) is 0 Å². The molecule has 1 aromatic carbocycles. The minimum atomic E-state index is 0.617. The highest BCUT2D eigenvalue weighted by Gasteiger charge is 2.14. The molecule has 1 atom stereocenters. The van der Waals surface area contributed by atoms with Gasteiger partial charge < -0.3 is 15.2 Å². The van der Waals surface area contributed by atoms with Gasteiger partial charge in [0.05, 0.1) is 0 Å². The van der Waals surface area contributed by atoms with E-state index in [9.17, 15) is 0 Å². The van der Waals surface area contributed by atoms with Gasteiger partial charge in [0.15, 0.2) is 0 Å². The van der Waals surface area contributed by atoms with E-state index >= 15 is 0 Å². The van der Waals surface area contributed by atoms with Gasteiger partial charge in [0.1, 0.15) is 0 Å². The number of fused-ring (bicyclic) bond motifs is 1. The molecular weight excluding hydrogens is 222 g/mol. The molecule has 3 heteroatoms. The molecule has 1 aromatic heterocycles. The van der Waals surface area contributed by atoms with Crippen molar-refractivity contribution < 1.29 is 0 Å². The van der Waals surface area contributed by atoms with E-state index in [0.29, 0.717) is 6.04 Å². The number of hydrogen-bond acceptors (Lipinski definition) is 2. The lowest BCUT2D eigenvalue weighted by molar-refractivity contribution is 0.348. The normalized spacial score (nSPS) is 21.9. The number of aromatic amines is 1. The molecule has 1 aliphatic heterocycles. The Balaban J connectivity index is 1.71. The predicted octanol–water partition coefficient (Wildman–Crippen LogP) is 3.06. The van der Waals surface area contributed by atoms with Crippen LogP contribution in [-0.2, 0) is 0 Å². The number of anilines is 1. The van der Waals surface area contributed by atoms with Gasteiger partial charge in [-0.1, -0.05) is 0 Å². The van der Waals surface area contributed by atoms with Crippen LogP contribution in [0.4, 0.5) is 5.69 Å². The number of rotatable bonds is 2. The highest BCUT2D eigenvalue weighted by Crippen LogP contribution is 2.21. The first kappa shape index (κ1) is 11.6. The predicted molar refractivity (Wildman–Crippen MR) is 77.1 cm³/mol. The van der Waals surface area contributed by atoms with E-state index in [-0.39, 0.29) is 0 Å². The van der Waals surface area contributed by atoms with Gasteiger partial charge in [-0.3, -0.25) is 0 Å². The molecule has 2 heterocycles. The molecule has 0 bridgehead atoms. The van der Waals surface area contributed by atoms with Crippen molar-refractivity contribution in [1.29, 1.82) is 0 Å². The molecule has 1 fully saturated rings. The lowest BCUT2D eigenvalue weighted by Gasteiger charge is -2.18. The Labute approximate surface area is 108 Å². The summed E-state index contributed by atoms with van der Waals surface area (Å²) in [6, 6.07) is 9.31. The van der Waals surface area contributed by atoms with Gasteiger partial charge in [-0.2, -0.15) is 0 Å². The van der Waals surface area contributed by atoms with E-state index in [1.807, 2.05) is 6.20 Å². The van der Waals surface area contributed by atoms with Crippen molar-refractivity contribution in [2.45, 2.75) is 25.3 Å². The summed E-state index contributed by atoms with van der Waals surface area (Å²) < 4.78 is 0. The Hall–Kier alpha value is -1.48. The van der Waals surface area contributed by atoms with Crippen LogP contribution in [0.3, 0.4) is 0 Å². The smallest absolute Gasteiger partial charge is 0.0455 e. The maximum atomic E-state index is 3.68. The van der Waals surface area contributed by atoms with E-state index in [4.69, 9.17) is 0 Å². The van der Waals surface area contributed by atoms with E-state index in [1.165, 1.54) is 48.9 Å². The van der Waals surface area contributed by atoms with Crippen LogP contribution >= 0.6 is 0 Å². The zero-order valence-electron chi connectivity index (χ0n) is 10.9. The molecule has 96 valence electrons. The third-order valence-corrected chi connectivity index (χ3v) is 3.88. The van der Waals surface area contributed by atoms with E-state index < -0.39 is 0 Å². The van der Waals surface area contributed by atoms with Crippen LogP contribution in [0, 0.1) is 0 Å². The lowest BCUT2D eigenvalue weighted by atomic mass is 10.1. The standard InChI is InChI=1S/C15H21N3/c1-18-9-2-3-13(7-10-18)17-14-4-5-15-12(11-14)6-8-16-15/h4-6,8,11,13,16-17H,2-3,7,9-10H2,1H3. The Morgan fingerprint density at radius 2 is 2.17 bits per heavy atom. The second-order valence-electron chi connectivity index (χ2n) is 5.36. The maximum absolute atomic E-state index is 3.68. The number of aromatic nitrogens is 1. The highest BCUT2D eigenvalue weighted by molar-refractivity contribution is 5.83. The largest absolute Gasteiger partial charge is 0.382 e. The molecule has 1 unspecified atom stereocenters. The van der Waals surface area contributed by atoms with E-state index in [0.717, 1.165) is 0 Å². The summed E-state index contributed by atoms with van der Waals surface area (Å²) in [5.74, 6) is 0. The van der Waals surface area contributed by atoms with Gasteiger partial charge >= 0.3 is 0 Å². The summed E-state index contributed by atoms with van der Waals surface area (Å²) in [6.45, 7) is 2.43. The lowest BCUT2D eigenvalue weighted by Crippen LogP contribution is -2.22.